The van der Waals surface area contributed by atoms with Gasteiger partial charge < -0.3 is 19.3 Å². The average Bonchev–Trinajstić information content (AvgIpc) is 3.10. The molecular formula is C25H32O6. The average molecular weight is 429 g/mol. The Morgan fingerprint density at radius 1 is 1.06 bits per heavy atom. The molecule has 31 heavy (non-hydrogen) atoms. The molecule has 2 aliphatic heterocycles. The topological polar surface area (TPSA) is 82.1 Å². The molecule has 2 saturated carbocycles. The molecule has 168 valence electrons. The maximum atomic E-state index is 12.8. The highest BCUT2D eigenvalue weighted by Gasteiger charge is 2.70. The molecule has 0 saturated heterocycles. The molecule has 4 aliphatic rings. The summed E-state index contributed by atoms with van der Waals surface area (Å²) in [6.45, 7) is 10.3. The van der Waals surface area contributed by atoms with Crippen LogP contribution in [-0.4, -0.2) is 35.2 Å². The van der Waals surface area contributed by atoms with Gasteiger partial charge in [0.1, 0.15) is 35.1 Å². The number of cyclic esters (lactones) is 1. The fraction of sp³-hybridized carbons (Fsp3) is 0.680. The van der Waals surface area contributed by atoms with Crippen molar-refractivity contribution in [3.8, 4) is 11.5 Å². The van der Waals surface area contributed by atoms with Gasteiger partial charge in [0.15, 0.2) is 0 Å². The summed E-state index contributed by atoms with van der Waals surface area (Å²) in [5, 5.41) is 12.0. The van der Waals surface area contributed by atoms with E-state index in [2.05, 4.69) is 13.8 Å². The third-order valence-electron chi connectivity index (χ3n) is 9.41. The zero-order valence-electron chi connectivity index (χ0n) is 19.3. The minimum absolute atomic E-state index is 0.0256. The monoisotopic (exact) mass is 428 g/mol. The Kier molecular flexibility index (Phi) is 4.05. The summed E-state index contributed by atoms with van der Waals surface area (Å²) in [7, 11) is 1.58. The van der Waals surface area contributed by atoms with E-state index in [4.69, 9.17) is 14.2 Å². The highest BCUT2D eigenvalue weighted by Crippen LogP contribution is 2.66. The van der Waals surface area contributed by atoms with Gasteiger partial charge in [-0.3, -0.25) is 4.79 Å². The first-order chi connectivity index (χ1) is 14.4. The first kappa shape index (κ1) is 20.8. The zero-order valence-corrected chi connectivity index (χ0v) is 19.3. The second-order valence-corrected chi connectivity index (χ2v) is 10.9. The first-order valence-corrected chi connectivity index (χ1v) is 11.3. The molecule has 1 aromatic carbocycles. The Hall–Kier alpha value is -2.08. The number of aliphatic hydroxyl groups is 1. The van der Waals surface area contributed by atoms with Crippen LogP contribution in [0.2, 0.25) is 0 Å². The molecule has 0 radical (unpaired) electrons. The van der Waals surface area contributed by atoms with Crippen molar-refractivity contribution in [2.24, 2.45) is 16.7 Å². The molecule has 2 fully saturated rings. The number of carbonyl (C=O) groups excluding carboxylic acids is 2. The summed E-state index contributed by atoms with van der Waals surface area (Å²) in [4.78, 5) is 25.3. The van der Waals surface area contributed by atoms with Gasteiger partial charge in [0.2, 0.25) is 0 Å². The summed E-state index contributed by atoms with van der Waals surface area (Å²) < 4.78 is 17.8. The van der Waals surface area contributed by atoms with Gasteiger partial charge in [0, 0.05) is 28.9 Å². The van der Waals surface area contributed by atoms with Crippen LogP contribution in [0, 0.1) is 23.7 Å². The van der Waals surface area contributed by atoms with Crippen LogP contribution in [-0.2, 0) is 22.6 Å². The Bertz CT molecular complexity index is 1030. The molecule has 0 bridgehead atoms. The molecule has 5 rings (SSSR count). The molecule has 1 aromatic rings. The summed E-state index contributed by atoms with van der Waals surface area (Å²) in [5.41, 5.74) is 0.237. The molecule has 0 unspecified atom stereocenters. The molecule has 0 spiro atoms. The van der Waals surface area contributed by atoms with E-state index in [1.165, 1.54) is 0 Å². The normalized spacial score (nSPS) is 37.7. The van der Waals surface area contributed by atoms with Crippen molar-refractivity contribution < 1.29 is 28.9 Å². The predicted molar refractivity (Wildman–Crippen MR) is 113 cm³/mol. The van der Waals surface area contributed by atoms with Gasteiger partial charge in [-0.1, -0.05) is 20.8 Å². The lowest BCUT2D eigenvalue weighted by atomic mass is 9.42. The van der Waals surface area contributed by atoms with Gasteiger partial charge in [-0.25, -0.2) is 4.79 Å². The number of hydrogen-bond donors (Lipinski definition) is 1. The first-order valence-electron chi connectivity index (χ1n) is 11.3. The van der Waals surface area contributed by atoms with Crippen molar-refractivity contribution in [2.75, 3.05) is 7.11 Å². The largest absolute Gasteiger partial charge is 0.495 e. The fourth-order valence-electron chi connectivity index (χ4n) is 7.27. The van der Waals surface area contributed by atoms with E-state index in [-0.39, 0.29) is 24.3 Å². The van der Waals surface area contributed by atoms with E-state index in [0.717, 1.165) is 22.4 Å². The van der Waals surface area contributed by atoms with E-state index in [1.807, 2.05) is 20.8 Å². The molecule has 1 N–H and O–H groups in total. The van der Waals surface area contributed by atoms with Crippen molar-refractivity contribution >= 4 is 11.8 Å². The summed E-state index contributed by atoms with van der Waals surface area (Å²) in [5.74, 6) is 1.06. The van der Waals surface area contributed by atoms with Crippen molar-refractivity contribution in [3.05, 3.63) is 22.3 Å². The van der Waals surface area contributed by atoms with Gasteiger partial charge in [-0.15, -0.1) is 0 Å². The van der Waals surface area contributed by atoms with Crippen LogP contribution >= 0.6 is 0 Å². The van der Waals surface area contributed by atoms with E-state index in [9.17, 15) is 14.7 Å². The van der Waals surface area contributed by atoms with Gasteiger partial charge in [-0.2, -0.15) is 0 Å². The van der Waals surface area contributed by atoms with Crippen LogP contribution in [0.4, 0.5) is 0 Å². The van der Waals surface area contributed by atoms with Crippen LogP contribution in [0.15, 0.2) is 0 Å². The zero-order chi connectivity index (χ0) is 22.6. The summed E-state index contributed by atoms with van der Waals surface area (Å²) >= 11 is 0. The molecule has 2 heterocycles. The SMILES string of the molecule is COc1c2c(c(C)c3c1C(=O)OC3)O[C@@]1(C)CC[C@@]3(O)C(C)(C)C(=O)CC[C@]3(C)[C@H]1C2. The van der Waals surface area contributed by atoms with Gasteiger partial charge >= 0.3 is 5.97 Å². The number of ether oxygens (including phenoxy) is 3. The molecule has 6 heteroatoms. The number of hydrogen-bond acceptors (Lipinski definition) is 6. The predicted octanol–water partition coefficient (Wildman–Crippen LogP) is 3.90. The Morgan fingerprint density at radius 3 is 2.45 bits per heavy atom. The smallest absolute Gasteiger partial charge is 0.342 e. The summed E-state index contributed by atoms with van der Waals surface area (Å²) in [6.07, 6.45) is 2.89. The minimum Gasteiger partial charge on any atom is -0.495 e. The van der Waals surface area contributed by atoms with Crippen molar-refractivity contribution in [1.82, 2.24) is 0 Å². The van der Waals surface area contributed by atoms with E-state index >= 15 is 0 Å². The van der Waals surface area contributed by atoms with Crippen molar-refractivity contribution in [2.45, 2.75) is 84.5 Å². The molecule has 6 nitrogen and oxygen atoms in total. The number of carbonyl (C=O) groups is 2. The second-order valence-electron chi connectivity index (χ2n) is 10.9. The number of methoxy groups -OCH3 is 1. The highest BCUT2D eigenvalue weighted by molar-refractivity contribution is 5.98. The van der Waals surface area contributed by atoms with E-state index < -0.39 is 22.0 Å². The van der Waals surface area contributed by atoms with Crippen molar-refractivity contribution in [3.63, 3.8) is 0 Å². The van der Waals surface area contributed by atoms with Crippen LogP contribution in [0.3, 0.4) is 0 Å². The molecule has 4 atom stereocenters. The lowest BCUT2D eigenvalue weighted by molar-refractivity contribution is -0.254. The number of ketones is 1. The maximum absolute atomic E-state index is 12.8. The number of fused-ring (bicyclic) bond motifs is 5. The molecule has 0 aromatic heterocycles. The van der Waals surface area contributed by atoms with Crippen molar-refractivity contribution in [1.29, 1.82) is 0 Å². The summed E-state index contributed by atoms with van der Waals surface area (Å²) in [6, 6.07) is 0. The lowest BCUT2D eigenvalue weighted by Gasteiger charge is -2.66. The van der Waals surface area contributed by atoms with Crippen LogP contribution in [0.5, 0.6) is 11.5 Å². The van der Waals surface area contributed by atoms with Crippen LogP contribution in [0.25, 0.3) is 0 Å². The Labute approximate surface area is 183 Å². The third-order valence-corrected chi connectivity index (χ3v) is 9.41. The fourth-order valence-corrected chi connectivity index (χ4v) is 7.27. The second kappa shape index (κ2) is 6.03. The number of Topliss-reactive ketones (excluding diaryl/α,β-unsaturated/α-hetero) is 1. The number of rotatable bonds is 1. The quantitative estimate of drug-likeness (QED) is 0.683. The highest BCUT2D eigenvalue weighted by atomic mass is 16.5. The third kappa shape index (κ3) is 2.27. The molecular weight excluding hydrogens is 396 g/mol. The van der Waals surface area contributed by atoms with E-state index in [1.54, 1.807) is 7.11 Å². The van der Waals surface area contributed by atoms with Crippen LogP contribution < -0.4 is 9.47 Å². The van der Waals surface area contributed by atoms with E-state index in [0.29, 0.717) is 43.4 Å². The van der Waals surface area contributed by atoms with Gasteiger partial charge in [0.25, 0.3) is 0 Å². The molecule has 2 aliphatic carbocycles. The van der Waals surface area contributed by atoms with Crippen LogP contribution in [0.1, 0.15) is 80.4 Å². The van der Waals surface area contributed by atoms with Gasteiger partial charge in [0.05, 0.1) is 18.1 Å². The number of benzene rings is 1. The minimum atomic E-state index is -1.11. The number of esters is 1. The Balaban J connectivity index is 1.70. The lowest BCUT2D eigenvalue weighted by Crippen LogP contribution is -2.72. The maximum Gasteiger partial charge on any atom is 0.342 e. The standard InChI is InChI=1S/C25H32O6/c1-13-15-12-30-21(27)18(15)20(29-6)14-11-16-23(4)8-7-17(26)22(2,3)25(23,28)10-9-24(16,5)31-19(13)14/h16,28H,7-12H2,1-6H3/t16-,23-,24+,25-/m1/s1. The Morgan fingerprint density at radius 2 is 1.77 bits per heavy atom. The molecule has 0 amide bonds. The van der Waals surface area contributed by atoms with Gasteiger partial charge in [-0.05, 0) is 45.1 Å².